The summed E-state index contributed by atoms with van der Waals surface area (Å²) in [5, 5.41) is 0. The number of hydrogen-bond donors (Lipinski definition) is 0. The van der Waals surface area contributed by atoms with Crippen LogP contribution >= 0.6 is 0 Å². The Hall–Kier alpha value is -0.820. The summed E-state index contributed by atoms with van der Waals surface area (Å²) in [6.45, 7) is 15.5. The van der Waals surface area contributed by atoms with E-state index in [0.717, 1.165) is 5.92 Å². The first kappa shape index (κ1) is 21.2. The van der Waals surface area contributed by atoms with E-state index in [2.05, 4.69) is 84.9 Å². The summed E-state index contributed by atoms with van der Waals surface area (Å²) in [6.07, 6.45) is 6.77. The minimum absolute atomic E-state index is 0. The van der Waals surface area contributed by atoms with E-state index < -0.39 is 0 Å². The molecule has 0 saturated carbocycles. The summed E-state index contributed by atoms with van der Waals surface area (Å²) in [7, 11) is 0. The molecular weight excluding hydrogens is 455 g/mol. The van der Waals surface area contributed by atoms with Crippen LogP contribution in [0, 0.1) is 46.6 Å². The van der Waals surface area contributed by atoms with Gasteiger partial charge in [0.25, 0.3) is 0 Å². The Labute approximate surface area is 167 Å². The van der Waals surface area contributed by atoms with Gasteiger partial charge >= 0.3 is 0 Å². The van der Waals surface area contributed by atoms with Gasteiger partial charge in [-0.15, -0.1) is 11.6 Å². The molecule has 3 rings (SSSR count). The smallest absolute Gasteiger partial charge is 0 e. The van der Waals surface area contributed by atoms with Crippen LogP contribution in [0.3, 0.4) is 0 Å². The van der Waals surface area contributed by atoms with E-state index in [0.29, 0.717) is 5.92 Å². The fourth-order valence-corrected chi connectivity index (χ4v) is 3.31. The molecule has 0 aliphatic heterocycles. The Bertz CT molecular complexity index is 621. The van der Waals surface area contributed by atoms with Gasteiger partial charge in [-0.2, -0.15) is 33.4 Å². The molecule has 0 amide bonds. The first-order valence-corrected chi connectivity index (χ1v) is 8.70. The first-order valence-electron chi connectivity index (χ1n) is 8.70. The molecule has 0 nitrogen and oxygen atoms in total. The van der Waals surface area contributed by atoms with Gasteiger partial charge in [-0.25, -0.2) is 6.08 Å². The number of allylic oxidation sites excluding steroid dienone is 1. The summed E-state index contributed by atoms with van der Waals surface area (Å²) in [4.78, 5) is 0. The third-order valence-electron chi connectivity index (χ3n) is 5.33. The van der Waals surface area contributed by atoms with Crippen molar-refractivity contribution in [1.82, 2.24) is 0 Å². The summed E-state index contributed by atoms with van der Waals surface area (Å²) < 4.78 is 0. The summed E-state index contributed by atoms with van der Waals surface area (Å²) in [5.74, 6) is 1.29. The molecule has 0 spiro atoms. The second kappa shape index (κ2) is 9.04. The molecule has 2 aromatic rings. The second-order valence-electron chi connectivity index (χ2n) is 7.25. The number of fused-ring (bicyclic) bond motifs is 1. The summed E-state index contributed by atoms with van der Waals surface area (Å²) in [6, 6.07) is 8.60. The Morgan fingerprint density at radius 1 is 1.00 bits per heavy atom. The van der Waals surface area contributed by atoms with E-state index in [1.165, 1.54) is 45.4 Å². The zero-order valence-electron chi connectivity index (χ0n) is 16.2. The van der Waals surface area contributed by atoms with Gasteiger partial charge in [0.05, 0.1) is 0 Å². The maximum Gasteiger partial charge on any atom is 0 e. The first-order chi connectivity index (χ1) is 10.8. The van der Waals surface area contributed by atoms with Gasteiger partial charge in [0.2, 0.25) is 0 Å². The van der Waals surface area contributed by atoms with E-state index in [-0.39, 0.29) is 25.8 Å². The van der Waals surface area contributed by atoms with Gasteiger partial charge in [-0.1, -0.05) is 79.0 Å². The van der Waals surface area contributed by atoms with Crippen molar-refractivity contribution in [2.24, 2.45) is 5.92 Å². The quantitative estimate of drug-likeness (QED) is 0.333. The molecule has 0 radical (unpaired) electrons. The Balaban J connectivity index is 0.000000238. The third kappa shape index (κ3) is 4.63. The maximum absolute atomic E-state index is 3.43. The number of benzene rings is 1. The monoisotopic (exact) mass is 486 g/mol. The molecule has 1 aliphatic rings. The topological polar surface area (TPSA) is 0 Å². The van der Waals surface area contributed by atoms with Crippen molar-refractivity contribution >= 4 is 6.08 Å². The van der Waals surface area contributed by atoms with Gasteiger partial charge in [0.15, 0.2) is 0 Å². The molecule has 24 heavy (non-hydrogen) atoms. The van der Waals surface area contributed by atoms with Crippen LogP contribution in [-0.4, -0.2) is 0 Å². The van der Waals surface area contributed by atoms with Crippen molar-refractivity contribution in [3.63, 3.8) is 0 Å². The maximum atomic E-state index is 3.43. The van der Waals surface area contributed by atoms with E-state index >= 15 is 0 Å². The molecule has 0 heterocycles. The molecule has 2 aromatic carbocycles. The number of hydrogen-bond acceptors (Lipinski definition) is 0. The van der Waals surface area contributed by atoms with Crippen LogP contribution in [-0.2, 0) is 25.8 Å². The molecule has 1 aliphatic carbocycles. The molecule has 1 heteroatoms. The van der Waals surface area contributed by atoms with Crippen LogP contribution < -0.4 is 0 Å². The molecule has 0 fully saturated rings. The van der Waals surface area contributed by atoms with E-state index in [9.17, 15) is 0 Å². The van der Waals surface area contributed by atoms with Crippen molar-refractivity contribution < 1.29 is 25.8 Å². The van der Waals surface area contributed by atoms with Crippen molar-refractivity contribution in [3.05, 3.63) is 69.3 Å². The van der Waals surface area contributed by atoms with Gasteiger partial charge in [-0.3, -0.25) is 6.08 Å². The molecule has 0 saturated heterocycles. The number of rotatable bonds is 2. The minimum Gasteiger partial charge on any atom is -0.268 e. The van der Waals surface area contributed by atoms with Gasteiger partial charge < -0.3 is 0 Å². The summed E-state index contributed by atoms with van der Waals surface area (Å²) >= 11 is 0. The van der Waals surface area contributed by atoms with Crippen LogP contribution in [0.2, 0.25) is 0 Å². The molecule has 1 atom stereocenters. The Morgan fingerprint density at radius 2 is 1.54 bits per heavy atom. The fourth-order valence-electron chi connectivity index (χ4n) is 3.31. The van der Waals surface area contributed by atoms with Crippen molar-refractivity contribution in [1.29, 1.82) is 0 Å². The standard InChI is InChI=1S/C13H15.C10H15.Hf/c1-10(2)9-12-8-7-11-5-3-4-6-13(11)12;1-6-7(2)9(4)10(5)8(6)3;/h3-7,10,12H,9H2,1-2H3;1-5H3;/q2*-1;. The molecule has 0 aromatic heterocycles. The average Bonchev–Trinajstić information content (AvgIpc) is 3.00. The zero-order chi connectivity index (χ0) is 17.1. The van der Waals surface area contributed by atoms with Crippen LogP contribution in [0.25, 0.3) is 6.08 Å². The predicted octanol–water partition coefficient (Wildman–Crippen LogP) is 6.59. The largest absolute Gasteiger partial charge is 0.268 e. The molecule has 1 unspecified atom stereocenters. The molecule has 128 valence electrons. The van der Waals surface area contributed by atoms with Gasteiger partial charge in [0.1, 0.15) is 0 Å². The molecule has 0 bridgehead atoms. The zero-order valence-corrected chi connectivity index (χ0v) is 19.8. The van der Waals surface area contributed by atoms with E-state index in [1.54, 1.807) is 0 Å². The van der Waals surface area contributed by atoms with Crippen LogP contribution in [0.5, 0.6) is 0 Å². The molecular formula is C23H30Hf-2. The average molecular weight is 485 g/mol. The van der Waals surface area contributed by atoms with Crippen molar-refractivity contribution in [2.45, 2.75) is 60.8 Å². The minimum atomic E-state index is 0. The van der Waals surface area contributed by atoms with Crippen LogP contribution in [0.1, 0.15) is 65.1 Å². The van der Waals surface area contributed by atoms with Crippen LogP contribution in [0.4, 0.5) is 0 Å². The Kier molecular flexibility index (Phi) is 7.99. The normalized spacial score (nSPS) is 14.9. The fraction of sp³-hybridized carbons (Fsp3) is 0.435. The Morgan fingerprint density at radius 3 is 2.00 bits per heavy atom. The van der Waals surface area contributed by atoms with Crippen LogP contribution in [0.15, 0.2) is 24.3 Å². The van der Waals surface area contributed by atoms with Gasteiger partial charge in [0, 0.05) is 25.8 Å². The predicted molar refractivity (Wildman–Crippen MR) is 102 cm³/mol. The summed E-state index contributed by atoms with van der Waals surface area (Å²) in [5.41, 5.74) is 10.1. The van der Waals surface area contributed by atoms with E-state index in [1.807, 2.05) is 0 Å². The van der Waals surface area contributed by atoms with Crippen molar-refractivity contribution in [2.75, 3.05) is 0 Å². The third-order valence-corrected chi connectivity index (χ3v) is 5.33. The van der Waals surface area contributed by atoms with Crippen molar-refractivity contribution in [3.8, 4) is 0 Å². The second-order valence-corrected chi connectivity index (χ2v) is 7.25. The molecule has 0 N–H and O–H groups in total. The SMILES string of the molecule is CC(C)CC1[C-]=Cc2ccccc21.Cc1c(C)c(C)[c-](C)c1C.[Hf]. The van der Waals surface area contributed by atoms with E-state index in [4.69, 9.17) is 0 Å². The van der Waals surface area contributed by atoms with Gasteiger partial charge in [-0.05, 0) is 5.92 Å².